The summed E-state index contributed by atoms with van der Waals surface area (Å²) in [6.45, 7) is 5.79. The second-order valence-corrected chi connectivity index (χ2v) is 12.4. The molecule has 0 rings (SSSR count). The highest BCUT2D eigenvalue weighted by Gasteiger charge is 2.45. The van der Waals surface area contributed by atoms with Gasteiger partial charge in [0.2, 0.25) is 0 Å². The van der Waals surface area contributed by atoms with Gasteiger partial charge in [-0.15, -0.1) is 0 Å². The van der Waals surface area contributed by atoms with Crippen LogP contribution in [0, 0.1) is 0 Å². The van der Waals surface area contributed by atoms with Gasteiger partial charge >= 0.3 is 23.6 Å². The van der Waals surface area contributed by atoms with Crippen molar-refractivity contribution < 1.29 is 31.0 Å². The fourth-order valence-corrected chi connectivity index (χ4v) is 9.02. The molecule has 130 valence electrons. The molecule has 22 heavy (non-hydrogen) atoms. The van der Waals surface area contributed by atoms with Crippen LogP contribution in [0.3, 0.4) is 0 Å². The maximum absolute atomic E-state index is 11.1. The summed E-state index contributed by atoms with van der Waals surface area (Å²) in [4.78, 5) is 11.1. The van der Waals surface area contributed by atoms with Crippen LogP contribution in [0.4, 0.5) is 0 Å². The van der Waals surface area contributed by atoms with Crippen molar-refractivity contribution in [2.45, 2.75) is 32.5 Å². The average Bonchev–Trinajstić information content (AvgIpc) is 2.51. The number of esters is 1. The number of hydrogen-bond acceptors (Lipinski definition) is 7. The maximum atomic E-state index is 11.1. The molecule has 0 radical (unpaired) electrons. The summed E-state index contributed by atoms with van der Waals surface area (Å²) in [7, 11) is -1.59. The van der Waals surface area contributed by atoms with Gasteiger partial charge in [-0.2, -0.15) is 0 Å². The highest BCUT2D eigenvalue weighted by Crippen LogP contribution is 2.17. The molecule has 1 unspecified atom stereocenters. The Balaban J connectivity index is 4.06. The first-order valence-electron chi connectivity index (χ1n) is 7.13. The largest absolute Gasteiger partial charge is 0.489 e. The zero-order valence-corrected chi connectivity index (χ0v) is 17.8. The van der Waals surface area contributed by atoms with Crippen LogP contribution in [0.15, 0.2) is 12.2 Å². The van der Waals surface area contributed by atoms with Crippen LogP contribution >= 0.6 is 0 Å². The first-order valence-corrected chi connectivity index (χ1v) is 13.2. The van der Waals surface area contributed by atoms with Gasteiger partial charge in [0, 0.05) is 40.5 Å². The van der Waals surface area contributed by atoms with Crippen LogP contribution < -0.4 is 0 Å². The molecule has 0 amide bonds. The van der Waals surface area contributed by atoms with Crippen molar-refractivity contribution >= 4 is 33.3 Å². The molecule has 0 saturated carbocycles. The highest BCUT2D eigenvalue weighted by molar-refractivity contribution is 6.75. The number of carbonyl (C=O) groups is 1. The highest BCUT2D eigenvalue weighted by atomic mass is 28.5. The van der Waals surface area contributed by atoms with Crippen molar-refractivity contribution in [3.05, 3.63) is 12.2 Å². The van der Waals surface area contributed by atoms with Gasteiger partial charge in [0.1, 0.15) is 0 Å². The zero-order chi connectivity index (χ0) is 17.1. The van der Waals surface area contributed by atoms with Crippen molar-refractivity contribution in [2.75, 3.05) is 27.9 Å². The van der Waals surface area contributed by atoms with Crippen LogP contribution in [-0.4, -0.2) is 61.3 Å². The lowest BCUT2D eigenvalue weighted by molar-refractivity contribution is -0.137. The molecule has 0 aromatic heterocycles. The standard InChI is InChI=1S/C12H28O7Si3/c1-7-9-12(13)17-10-8-11-20-18-22(6,16-4)19-21(5,14-2)15-3/h7,9H,8,10-11,20H2,1-6H3. The molecule has 0 N–H and O–H groups in total. The molecule has 7 nitrogen and oxygen atoms in total. The van der Waals surface area contributed by atoms with E-state index in [1.807, 2.05) is 6.55 Å². The van der Waals surface area contributed by atoms with Gasteiger partial charge in [0.05, 0.1) is 6.61 Å². The third kappa shape index (κ3) is 8.95. The summed E-state index contributed by atoms with van der Waals surface area (Å²) in [5, 5.41) is 0. The van der Waals surface area contributed by atoms with Gasteiger partial charge in [-0.25, -0.2) is 4.79 Å². The van der Waals surface area contributed by atoms with E-state index >= 15 is 0 Å². The van der Waals surface area contributed by atoms with Crippen LogP contribution in [0.1, 0.15) is 13.3 Å². The molecule has 0 aliphatic rings. The van der Waals surface area contributed by atoms with Crippen molar-refractivity contribution in [3.63, 3.8) is 0 Å². The molecular weight excluding hydrogens is 340 g/mol. The topological polar surface area (TPSA) is 72.5 Å². The Kier molecular flexibility index (Phi) is 11.1. The molecule has 0 aliphatic heterocycles. The number of allylic oxidation sites excluding steroid dienone is 1. The molecule has 1 atom stereocenters. The van der Waals surface area contributed by atoms with Crippen molar-refractivity contribution in [2.24, 2.45) is 0 Å². The third-order valence-corrected chi connectivity index (χ3v) is 11.8. The summed E-state index contributed by atoms with van der Waals surface area (Å²) >= 11 is 0. The van der Waals surface area contributed by atoms with Gasteiger partial charge in [-0.1, -0.05) is 6.08 Å². The van der Waals surface area contributed by atoms with E-state index in [0.29, 0.717) is 6.61 Å². The summed E-state index contributed by atoms with van der Waals surface area (Å²) in [5.41, 5.74) is 0. The Hall–Kier alpha value is -0.339. The molecule has 0 bridgehead atoms. The van der Waals surface area contributed by atoms with E-state index in [0.717, 1.165) is 12.5 Å². The third-order valence-electron chi connectivity index (χ3n) is 2.93. The van der Waals surface area contributed by atoms with E-state index in [1.54, 1.807) is 40.9 Å². The zero-order valence-electron chi connectivity index (χ0n) is 14.3. The van der Waals surface area contributed by atoms with Crippen LogP contribution in [-0.2, 0) is 31.0 Å². The fourth-order valence-electron chi connectivity index (χ4n) is 1.45. The molecule has 0 aromatic carbocycles. The lowest BCUT2D eigenvalue weighted by atomic mass is 10.5. The van der Waals surface area contributed by atoms with E-state index in [9.17, 15) is 4.79 Å². The van der Waals surface area contributed by atoms with Gasteiger partial charge in [0.15, 0.2) is 9.76 Å². The minimum absolute atomic E-state index is 0.313. The molecule has 10 heteroatoms. The Morgan fingerprint density at radius 3 is 2.18 bits per heavy atom. The van der Waals surface area contributed by atoms with E-state index < -0.39 is 27.4 Å². The molecule has 0 spiro atoms. The predicted molar refractivity (Wildman–Crippen MR) is 90.2 cm³/mol. The van der Waals surface area contributed by atoms with Crippen LogP contribution in [0.2, 0.25) is 19.1 Å². The van der Waals surface area contributed by atoms with E-state index in [-0.39, 0.29) is 5.97 Å². The van der Waals surface area contributed by atoms with Gasteiger partial charge in [0.25, 0.3) is 0 Å². The second-order valence-electron chi connectivity index (χ2n) is 4.66. The van der Waals surface area contributed by atoms with Crippen molar-refractivity contribution in [1.82, 2.24) is 0 Å². The lowest BCUT2D eigenvalue weighted by Crippen LogP contribution is -2.54. The number of carbonyl (C=O) groups excluding carboxylic acids is 1. The first-order chi connectivity index (χ1) is 10.3. The fraction of sp³-hybridized carbons (Fsp3) is 0.750. The summed E-state index contributed by atoms with van der Waals surface area (Å²) < 4.78 is 32.8. The Morgan fingerprint density at radius 2 is 1.68 bits per heavy atom. The molecule has 0 aliphatic carbocycles. The maximum Gasteiger partial charge on any atom is 0.489 e. The van der Waals surface area contributed by atoms with E-state index in [4.69, 9.17) is 26.2 Å². The normalized spacial score (nSPS) is 15.5. The minimum atomic E-state index is -2.74. The average molecular weight is 369 g/mol. The lowest BCUT2D eigenvalue weighted by Gasteiger charge is -2.32. The molecule has 0 saturated heterocycles. The Morgan fingerprint density at radius 1 is 1.09 bits per heavy atom. The summed E-state index contributed by atoms with van der Waals surface area (Å²) in [5.74, 6) is -0.313. The minimum Gasteiger partial charge on any atom is -0.463 e. The Bertz CT molecular complexity index is 350. The number of ether oxygens (including phenoxy) is 1. The molecule has 0 aromatic rings. The number of hydrogen-bond donors (Lipinski definition) is 0. The van der Waals surface area contributed by atoms with Crippen molar-refractivity contribution in [1.29, 1.82) is 0 Å². The van der Waals surface area contributed by atoms with E-state index in [1.165, 1.54) is 6.08 Å². The Labute approximate surface area is 137 Å². The monoisotopic (exact) mass is 368 g/mol. The van der Waals surface area contributed by atoms with Crippen molar-refractivity contribution in [3.8, 4) is 0 Å². The summed E-state index contributed by atoms with van der Waals surface area (Å²) in [6, 6.07) is 0.872. The quantitative estimate of drug-likeness (QED) is 0.221. The molecule has 0 fully saturated rings. The van der Waals surface area contributed by atoms with E-state index in [2.05, 4.69) is 0 Å². The predicted octanol–water partition coefficient (Wildman–Crippen LogP) is 1.11. The summed E-state index contributed by atoms with van der Waals surface area (Å²) in [6.07, 6.45) is 3.82. The molecular formula is C12H28O7Si3. The smallest absolute Gasteiger partial charge is 0.463 e. The number of rotatable bonds is 12. The second kappa shape index (κ2) is 11.2. The van der Waals surface area contributed by atoms with Crippen LogP contribution in [0.5, 0.6) is 0 Å². The molecule has 0 heterocycles. The van der Waals surface area contributed by atoms with Gasteiger partial charge in [-0.05, 0) is 19.4 Å². The van der Waals surface area contributed by atoms with Gasteiger partial charge < -0.3 is 26.2 Å². The van der Waals surface area contributed by atoms with Gasteiger partial charge in [-0.3, -0.25) is 0 Å². The first kappa shape index (κ1) is 21.7. The van der Waals surface area contributed by atoms with Crippen LogP contribution in [0.25, 0.3) is 0 Å². The SMILES string of the molecule is CC=CC(=O)OCCC[SiH2]O[Si](C)(OC)O[Si](C)(OC)OC.